The number of esters is 1. The Hall–Kier alpha value is -5.33. The quantitative estimate of drug-likeness (QED) is 0.0940. The number of aliphatic carboxylic acids is 1. The molecule has 4 heterocycles. The summed E-state index contributed by atoms with van der Waals surface area (Å²) in [6.07, 6.45) is 4.66. The zero-order valence-electron chi connectivity index (χ0n) is 32.5. The highest BCUT2D eigenvalue weighted by molar-refractivity contribution is 7.22. The molecule has 1 amide bonds. The van der Waals surface area contributed by atoms with Gasteiger partial charge in [-0.1, -0.05) is 47.7 Å². The fourth-order valence-electron chi connectivity index (χ4n) is 7.74. The first-order chi connectivity index (χ1) is 26.9. The first-order valence-corrected chi connectivity index (χ1v) is 20.2. The Labute approximate surface area is 331 Å². The maximum atomic E-state index is 13.9. The molecule has 7 rings (SSSR count). The monoisotopic (exact) mass is 775 g/mol. The summed E-state index contributed by atoms with van der Waals surface area (Å²) in [4.78, 5) is 52.5. The molecule has 11 nitrogen and oxygen atoms in total. The number of thiazole rings is 1. The first kappa shape index (κ1) is 38.9. The Morgan fingerprint density at radius 2 is 1.79 bits per heavy atom. The zero-order valence-corrected chi connectivity index (χ0v) is 33.3. The Kier molecular flexibility index (Phi) is 11.7. The van der Waals surface area contributed by atoms with Gasteiger partial charge in [-0.15, -0.1) is 0 Å². The van der Waals surface area contributed by atoms with Crippen LogP contribution in [0.1, 0.15) is 84.0 Å². The van der Waals surface area contributed by atoms with Crippen LogP contribution < -0.4 is 15.0 Å². The molecule has 1 saturated heterocycles. The van der Waals surface area contributed by atoms with Gasteiger partial charge >= 0.3 is 11.9 Å². The molecule has 1 fully saturated rings. The summed E-state index contributed by atoms with van der Waals surface area (Å²) in [5.74, 6) is 0.311. The van der Waals surface area contributed by atoms with Crippen LogP contribution in [-0.2, 0) is 22.5 Å². The molecule has 2 aliphatic heterocycles. The second-order valence-corrected chi connectivity index (χ2v) is 16.7. The Bertz CT molecular complexity index is 2210. The van der Waals surface area contributed by atoms with Gasteiger partial charge in [0.15, 0.2) is 10.8 Å². The predicted octanol–water partition coefficient (Wildman–Crippen LogP) is 8.39. The number of fused-ring (bicyclic) bond motifs is 2. The number of hydrogen-bond acceptors (Lipinski definition) is 10. The minimum atomic E-state index is -0.779. The Balaban J connectivity index is 1.09. The molecule has 3 aromatic carbocycles. The fraction of sp³-hybridized carbons (Fsp3) is 0.386. The van der Waals surface area contributed by atoms with E-state index >= 15 is 0 Å². The summed E-state index contributed by atoms with van der Waals surface area (Å²) >= 11 is 1.44. The third kappa shape index (κ3) is 9.20. The van der Waals surface area contributed by atoms with E-state index < -0.39 is 17.5 Å². The Morgan fingerprint density at radius 3 is 2.59 bits per heavy atom. The largest absolute Gasteiger partial charge is 0.493 e. The standard InChI is InChI=1S/C44H49N5O6S/c1-28-31(14-8-17-36(28)54-24-10-12-29-11-9-22-48(25-29)27-39(50)51)32-19-20-38(46-40(32)42(53)55-44(2,3)4)49-23-21-30-13-7-15-33(34(30)26-49)41(52)47-43-45-35-16-5-6-18-37(35)56-43/h5-8,13-20,29H,9-12,21-27H2,1-4H3,(H,50,51)(H,45,47,52)/t29-/m1/s1. The molecule has 0 aliphatic carbocycles. The number of nitrogens with zero attached hydrogens (tertiary/aromatic N) is 4. The highest BCUT2D eigenvalue weighted by Crippen LogP contribution is 2.35. The number of hydrogen-bond donors (Lipinski definition) is 2. The predicted molar refractivity (Wildman–Crippen MR) is 220 cm³/mol. The molecule has 0 saturated carbocycles. The number of carboxylic acids is 1. The van der Waals surface area contributed by atoms with E-state index in [0.717, 1.165) is 77.0 Å². The van der Waals surface area contributed by atoms with Gasteiger partial charge in [0.2, 0.25) is 0 Å². The van der Waals surface area contributed by atoms with Gasteiger partial charge in [0.25, 0.3) is 5.91 Å². The third-order valence-electron chi connectivity index (χ3n) is 10.4. The van der Waals surface area contributed by atoms with Crippen molar-refractivity contribution in [2.75, 3.05) is 43.0 Å². The van der Waals surface area contributed by atoms with Crippen LogP contribution in [0.3, 0.4) is 0 Å². The maximum absolute atomic E-state index is 13.9. The number of benzene rings is 3. The summed E-state index contributed by atoms with van der Waals surface area (Å²) in [6, 6.07) is 23.3. The van der Waals surface area contributed by atoms with E-state index in [1.807, 2.05) is 99.3 Å². The van der Waals surface area contributed by atoms with Crippen molar-refractivity contribution in [1.82, 2.24) is 14.9 Å². The van der Waals surface area contributed by atoms with Crippen LogP contribution in [0.4, 0.5) is 10.9 Å². The number of nitrogens with one attached hydrogen (secondary N) is 1. The van der Waals surface area contributed by atoms with Crippen LogP contribution in [0.15, 0.2) is 72.8 Å². The van der Waals surface area contributed by atoms with Crippen LogP contribution in [0.2, 0.25) is 0 Å². The summed E-state index contributed by atoms with van der Waals surface area (Å²) in [6.45, 7) is 10.9. The molecule has 2 aliphatic rings. The molecule has 12 heteroatoms. The highest BCUT2D eigenvalue weighted by atomic mass is 32.1. The molecule has 0 radical (unpaired) electrons. The topological polar surface area (TPSA) is 134 Å². The van der Waals surface area contributed by atoms with Crippen molar-refractivity contribution in [3.63, 3.8) is 0 Å². The number of aromatic nitrogens is 2. The summed E-state index contributed by atoms with van der Waals surface area (Å²) in [5.41, 5.74) is 5.32. The van der Waals surface area contributed by atoms with Gasteiger partial charge in [-0.25, -0.2) is 14.8 Å². The van der Waals surface area contributed by atoms with Gasteiger partial charge in [0.1, 0.15) is 17.2 Å². The minimum Gasteiger partial charge on any atom is -0.493 e. The van der Waals surface area contributed by atoms with E-state index in [4.69, 9.17) is 14.5 Å². The molecular formula is C44H49N5O6S. The number of rotatable bonds is 12. The van der Waals surface area contributed by atoms with Gasteiger partial charge in [-0.05, 0) is 131 Å². The lowest BCUT2D eigenvalue weighted by molar-refractivity contribution is -0.138. The molecule has 2 aromatic heterocycles. The van der Waals surface area contributed by atoms with E-state index in [1.165, 1.54) is 11.3 Å². The van der Waals surface area contributed by atoms with Crippen molar-refractivity contribution >= 4 is 50.3 Å². The summed E-state index contributed by atoms with van der Waals surface area (Å²) in [7, 11) is 0. The second kappa shape index (κ2) is 16.8. The number of pyridine rings is 1. The SMILES string of the molecule is Cc1c(OCCC[C@H]2CCCN(CC(=O)O)C2)cccc1-c1ccc(N2CCc3cccc(C(=O)Nc4nc5ccccc5s4)c3C2)nc1C(=O)OC(C)(C)C. The number of carboxylic acid groups (broad SMARTS) is 1. The van der Waals surface area contributed by atoms with E-state index in [1.54, 1.807) is 0 Å². The number of amides is 1. The van der Waals surface area contributed by atoms with Crippen molar-refractivity contribution < 1.29 is 29.0 Å². The van der Waals surface area contributed by atoms with Gasteiger partial charge < -0.3 is 19.5 Å². The lowest BCUT2D eigenvalue weighted by Gasteiger charge is -2.31. The average molecular weight is 776 g/mol. The molecule has 5 aromatic rings. The maximum Gasteiger partial charge on any atom is 0.358 e. The molecule has 56 heavy (non-hydrogen) atoms. The van der Waals surface area contributed by atoms with Crippen LogP contribution in [0.25, 0.3) is 21.3 Å². The molecule has 292 valence electrons. The van der Waals surface area contributed by atoms with Crippen molar-refractivity contribution in [3.8, 4) is 16.9 Å². The van der Waals surface area contributed by atoms with Crippen molar-refractivity contribution in [3.05, 3.63) is 101 Å². The van der Waals surface area contributed by atoms with Crippen molar-refractivity contribution in [2.45, 2.75) is 71.9 Å². The second-order valence-electron chi connectivity index (χ2n) is 15.7. The minimum absolute atomic E-state index is 0.0955. The lowest BCUT2D eigenvalue weighted by Crippen LogP contribution is -2.38. The number of ether oxygens (including phenoxy) is 2. The van der Waals surface area contributed by atoms with Gasteiger partial charge in [-0.2, -0.15) is 0 Å². The molecule has 0 unspecified atom stereocenters. The lowest BCUT2D eigenvalue weighted by atomic mass is 9.93. The number of piperidine rings is 1. The third-order valence-corrected chi connectivity index (χ3v) is 11.3. The molecule has 2 N–H and O–H groups in total. The van der Waals surface area contributed by atoms with Gasteiger partial charge in [0.05, 0.1) is 23.4 Å². The number of carbonyl (C=O) groups excluding carboxylic acids is 2. The highest BCUT2D eigenvalue weighted by Gasteiger charge is 2.28. The van der Waals surface area contributed by atoms with Crippen LogP contribution >= 0.6 is 11.3 Å². The number of para-hydroxylation sites is 1. The molecule has 1 atom stereocenters. The van der Waals surface area contributed by atoms with Gasteiger partial charge in [-0.3, -0.25) is 19.8 Å². The van der Waals surface area contributed by atoms with E-state index in [0.29, 0.717) is 54.1 Å². The molecular weight excluding hydrogens is 727 g/mol. The first-order valence-electron chi connectivity index (χ1n) is 19.4. The van der Waals surface area contributed by atoms with Crippen LogP contribution in [0, 0.1) is 12.8 Å². The van der Waals surface area contributed by atoms with Crippen LogP contribution in [-0.4, -0.2) is 76.2 Å². The molecule has 0 bridgehead atoms. The number of likely N-dealkylation sites (tertiary alicyclic amines) is 1. The average Bonchev–Trinajstić information content (AvgIpc) is 3.58. The molecule has 0 spiro atoms. The van der Waals surface area contributed by atoms with E-state index in [2.05, 4.69) is 21.3 Å². The normalized spacial score (nSPS) is 16.0. The van der Waals surface area contributed by atoms with Crippen molar-refractivity contribution in [2.24, 2.45) is 5.92 Å². The number of carbonyl (C=O) groups is 3. The Morgan fingerprint density at radius 1 is 0.964 bits per heavy atom. The number of anilines is 2. The van der Waals surface area contributed by atoms with Crippen molar-refractivity contribution in [1.29, 1.82) is 0 Å². The van der Waals surface area contributed by atoms with Gasteiger partial charge in [0, 0.05) is 30.8 Å². The summed E-state index contributed by atoms with van der Waals surface area (Å²) < 4.78 is 13.2. The smallest absolute Gasteiger partial charge is 0.358 e. The van der Waals surface area contributed by atoms with Crippen LogP contribution in [0.5, 0.6) is 5.75 Å². The zero-order chi connectivity index (χ0) is 39.4. The fourth-order valence-corrected chi connectivity index (χ4v) is 8.60. The summed E-state index contributed by atoms with van der Waals surface area (Å²) in [5, 5.41) is 12.8. The van der Waals surface area contributed by atoms with E-state index in [-0.39, 0.29) is 18.1 Å². The van der Waals surface area contributed by atoms with E-state index in [9.17, 15) is 19.5 Å².